The smallest absolute Gasteiger partial charge is 0.133 e. The lowest BCUT2D eigenvalue weighted by Crippen LogP contribution is -2.20. The number of furan rings is 1. The Morgan fingerprint density at radius 1 is 1.26 bits per heavy atom. The molecule has 3 nitrogen and oxygen atoms in total. The molecule has 2 rings (SSSR count). The van der Waals surface area contributed by atoms with Crippen LogP contribution in [0.3, 0.4) is 0 Å². The molecule has 19 heavy (non-hydrogen) atoms. The van der Waals surface area contributed by atoms with E-state index < -0.39 is 6.10 Å². The Morgan fingerprint density at radius 3 is 2.58 bits per heavy atom. The van der Waals surface area contributed by atoms with E-state index in [1.54, 1.807) is 0 Å². The van der Waals surface area contributed by atoms with E-state index in [4.69, 9.17) is 10.2 Å². The lowest BCUT2D eigenvalue weighted by atomic mass is 9.92. The van der Waals surface area contributed by atoms with Crippen molar-refractivity contribution >= 4 is 15.9 Å². The van der Waals surface area contributed by atoms with E-state index in [1.807, 2.05) is 43.3 Å². The number of benzene rings is 1. The molecule has 0 amide bonds. The fourth-order valence-electron chi connectivity index (χ4n) is 2.14. The highest BCUT2D eigenvalue weighted by atomic mass is 79.9. The standard InChI is InChI=1S/C15H18BrNO2/c1-2-10-7-8-14(19-10)15(18)12(9-17)11-5-3-4-6-13(11)16/h3-8,12,15,18H,2,9,17H2,1H3. The van der Waals surface area contributed by atoms with Gasteiger partial charge in [0.15, 0.2) is 0 Å². The molecule has 0 aliphatic heterocycles. The molecule has 0 bridgehead atoms. The minimum Gasteiger partial charge on any atom is -0.463 e. The molecule has 0 radical (unpaired) electrons. The third-order valence-corrected chi connectivity index (χ3v) is 3.98. The highest BCUT2D eigenvalue weighted by molar-refractivity contribution is 9.10. The highest BCUT2D eigenvalue weighted by Crippen LogP contribution is 2.34. The molecule has 4 heteroatoms. The lowest BCUT2D eigenvalue weighted by Gasteiger charge is -2.21. The average Bonchev–Trinajstić information content (AvgIpc) is 2.90. The van der Waals surface area contributed by atoms with Gasteiger partial charge in [-0.25, -0.2) is 0 Å². The van der Waals surface area contributed by atoms with Crippen molar-refractivity contribution in [1.29, 1.82) is 0 Å². The third-order valence-electron chi connectivity index (χ3n) is 3.26. The number of nitrogens with two attached hydrogens (primary N) is 1. The summed E-state index contributed by atoms with van der Waals surface area (Å²) in [5.41, 5.74) is 6.82. The van der Waals surface area contributed by atoms with Gasteiger partial charge in [0.2, 0.25) is 0 Å². The Hall–Kier alpha value is -1.10. The second-order valence-electron chi connectivity index (χ2n) is 4.47. The van der Waals surface area contributed by atoms with Crippen LogP contribution in [0, 0.1) is 0 Å². The first kappa shape index (κ1) is 14.3. The average molecular weight is 324 g/mol. The topological polar surface area (TPSA) is 59.4 Å². The molecule has 0 saturated carbocycles. The molecule has 0 aliphatic carbocycles. The highest BCUT2D eigenvalue weighted by Gasteiger charge is 2.25. The van der Waals surface area contributed by atoms with E-state index in [-0.39, 0.29) is 5.92 Å². The molecular weight excluding hydrogens is 306 g/mol. The van der Waals surface area contributed by atoms with E-state index >= 15 is 0 Å². The number of hydrogen-bond acceptors (Lipinski definition) is 3. The van der Waals surface area contributed by atoms with E-state index in [0.717, 1.165) is 22.2 Å². The van der Waals surface area contributed by atoms with Gasteiger partial charge in [0.25, 0.3) is 0 Å². The predicted octanol–water partition coefficient (Wildman–Crippen LogP) is 3.38. The molecule has 102 valence electrons. The Labute approximate surface area is 121 Å². The first-order valence-corrected chi connectivity index (χ1v) is 7.17. The van der Waals surface area contributed by atoms with Gasteiger partial charge < -0.3 is 15.3 Å². The number of aliphatic hydroxyl groups excluding tert-OH is 1. The maximum absolute atomic E-state index is 10.5. The van der Waals surface area contributed by atoms with E-state index in [9.17, 15) is 5.11 Å². The van der Waals surface area contributed by atoms with Crippen molar-refractivity contribution in [2.75, 3.05) is 6.54 Å². The number of rotatable bonds is 5. The molecule has 0 saturated heterocycles. The van der Waals surface area contributed by atoms with Gasteiger partial charge in [0.05, 0.1) is 0 Å². The number of halogens is 1. The summed E-state index contributed by atoms with van der Waals surface area (Å²) < 4.78 is 6.57. The molecule has 0 fully saturated rings. The van der Waals surface area contributed by atoms with Crippen LogP contribution in [-0.2, 0) is 6.42 Å². The summed E-state index contributed by atoms with van der Waals surface area (Å²) in [6.07, 6.45) is 0.0821. The number of aliphatic hydroxyl groups is 1. The van der Waals surface area contributed by atoms with Gasteiger partial charge in [-0.2, -0.15) is 0 Å². The fraction of sp³-hybridized carbons (Fsp3) is 0.333. The quantitative estimate of drug-likeness (QED) is 0.886. The molecule has 0 spiro atoms. The summed E-state index contributed by atoms with van der Waals surface area (Å²) in [5.74, 6) is 1.26. The van der Waals surface area contributed by atoms with Crippen LogP contribution in [0.25, 0.3) is 0 Å². The van der Waals surface area contributed by atoms with Crippen molar-refractivity contribution in [3.05, 3.63) is 58.0 Å². The van der Waals surface area contributed by atoms with Crippen LogP contribution in [0.4, 0.5) is 0 Å². The normalized spacial score (nSPS) is 14.3. The zero-order valence-corrected chi connectivity index (χ0v) is 12.4. The second kappa shape index (κ2) is 6.37. The van der Waals surface area contributed by atoms with Crippen LogP contribution in [0.15, 0.2) is 45.3 Å². The molecule has 1 heterocycles. The van der Waals surface area contributed by atoms with Crippen molar-refractivity contribution in [2.24, 2.45) is 5.73 Å². The molecule has 2 atom stereocenters. The van der Waals surface area contributed by atoms with Crippen molar-refractivity contribution in [1.82, 2.24) is 0 Å². The molecule has 1 aromatic carbocycles. The maximum Gasteiger partial charge on any atom is 0.133 e. The molecule has 0 aliphatic rings. The molecule has 1 aromatic heterocycles. The van der Waals surface area contributed by atoms with Crippen molar-refractivity contribution in [2.45, 2.75) is 25.4 Å². The van der Waals surface area contributed by atoms with Crippen LogP contribution < -0.4 is 5.73 Å². The first-order valence-electron chi connectivity index (χ1n) is 6.38. The minimum absolute atomic E-state index is 0.188. The first-order chi connectivity index (χ1) is 9.17. The van der Waals surface area contributed by atoms with E-state index in [1.165, 1.54) is 0 Å². The summed E-state index contributed by atoms with van der Waals surface area (Å²) in [5, 5.41) is 10.5. The predicted molar refractivity (Wildman–Crippen MR) is 79.0 cm³/mol. The molecule has 2 aromatic rings. The zero-order chi connectivity index (χ0) is 13.8. The SMILES string of the molecule is CCc1ccc(C(O)C(CN)c2ccccc2Br)o1. The summed E-state index contributed by atoms with van der Waals surface area (Å²) in [6.45, 7) is 2.37. The van der Waals surface area contributed by atoms with Crippen molar-refractivity contribution in [3.63, 3.8) is 0 Å². The molecule has 2 unspecified atom stereocenters. The van der Waals surface area contributed by atoms with Gasteiger partial charge in [-0.3, -0.25) is 0 Å². The zero-order valence-electron chi connectivity index (χ0n) is 10.8. The van der Waals surface area contributed by atoms with Gasteiger partial charge in [0, 0.05) is 23.4 Å². The van der Waals surface area contributed by atoms with Gasteiger partial charge in [0.1, 0.15) is 17.6 Å². The van der Waals surface area contributed by atoms with Crippen molar-refractivity contribution in [3.8, 4) is 0 Å². The summed E-state index contributed by atoms with van der Waals surface area (Å²) in [6, 6.07) is 11.5. The third kappa shape index (κ3) is 3.08. The van der Waals surface area contributed by atoms with Crippen LogP contribution in [0.5, 0.6) is 0 Å². The monoisotopic (exact) mass is 323 g/mol. The van der Waals surface area contributed by atoms with Gasteiger partial charge in [-0.1, -0.05) is 41.1 Å². The Morgan fingerprint density at radius 2 is 2.00 bits per heavy atom. The molecular formula is C15H18BrNO2. The van der Waals surface area contributed by atoms with Crippen LogP contribution in [-0.4, -0.2) is 11.7 Å². The maximum atomic E-state index is 10.5. The fourth-order valence-corrected chi connectivity index (χ4v) is 2.72. The molecule has 3 N–H and O–H groups in total. The van der Waals surface area contributed by atoms with E-state index in [2.05, 4.69) is 15.9 Å². The van der Waals surface area contributed by atoms with Gasteiger partial charge in [-0.15, -0.1) is 0 Å². The largest absolute Gasteiger partial charge is 0.463 e. The Balaban J connectivity index is 2.29. The Kier molecular flexibility index (Phi) is 4.80. The summed E-state index contributed by atoms with van der Waals surface area (Å²) in [7, 11) is 0. The summed E-state index contributed by atoms with van der Waals surface area (Å²) >= 11 is 3.50. The van der Waals surface area contributed by atoms with Crippen LogP contribution >= 0.6 is 15.9 Å². The van der Waals surface area contributed by atoms with E-state index in [0.29, 0.717) is 12.3 Å². The van der Waals surface area contributed by atoms with Gasteiger partial charge in [-0.05, 0) is 23.8 Å². The summed E-state index contributed by atoms with van der Waals surface area (Å²) in [4.78, 5) is 0. The minimum atomic E-state index is -0.732. The van der Waals surface area contributed by atoms with Crippen molar-refractivity contribution < 1.29 is 9.52 Å². The lowest BCUT2D eigenvalue weighted by molar-refractivity contribution is 0.120. The Bertz CT molecular complexity index is 538. The van der Waals surface area contributed by atoms with Gasteiger partial charge >= 0.3 is 0 Å². The second-order valence-corrected chi connectivity index (χ2v) is 5.32. The van der Waals surface area contributed by atoms with Crippen LogP contribution in [0.2, 0.25) is 0 Å². The van der Waals surface area contributed by atoms with Crippen LogP contribution in [0.1, 0.15) is 36.0 Å². The number of aryl methyl sites for hydroxylation is 1. The number of hydrogen-bond donors (Lipinski definition) is 2.